The number of phenols is 1. The molecule has 0 radical (unpaired) electrons. The lowest BCUT2D eigenvalue weighted by molar-refractivity contribution is -0.332. The van der Waals surface area contributed by atoms with Gasteiger partial charge in [0.1, 0.15) is 70.9 Å². The molecule has 4 heterocycles. The van der Waals surface area contributed by atoms with E-state index in [1.807, 2.05) is 0 Å². The maximum Gasteiger partial charge on any atom is 0.239 e. The van der Waals surface area contributed by atoms with Crippen LogP contribution in [0, 0.1) is 0 Å². The SMILES string of the molecule is COc1ccc(-c2oc3c(CC=C(C)C)c(O[C@@H]4O[C@H](CO)[C@@H](O)[C@H](O)[C@H]4O)cc(O)c3c(=O)c2O[C@@H]2O[C@@H](C)[C@H](O)[C@@H](O)[C@H]2O[C@@H]2O[C@H](C)[C@@H](O)C(=O)[C@H]2O)cc1. The Morgan fingerprint density at radius 1 is 0.793 bits per heavy atom. The summed E-state index contributed by atoms with van der Waals surface area (Å²) in [7, 11) is 1.44. The smallest absolute Gasteiger partial charge is 0.239 e. The molecule has 1 aromatic heterocycles. The van der Waals surface area contributed by atoms with Gasteiger partial charge in [0.15, 0.2) is 30.0 Å². The van der Waals surface area contributed by atoms with Crippen LogP contribution >= 0.6 is 0 Å². The molecule has 3 fully saturated rings. The number of benzene rings is 2. The summed E-state index contributed by atoms with van der Waals surface area (Å²) in [4.78, 5) is 27.3. The Morgan fingerprint density at radius 2 is 1.47 bits per heavy atom. The van der Waals surface area contributed by atoms with E-state index in [2.05, 4.69) is 0 Å². The molecule has 0 unspecified atom stereocenters. The van der Waals surface area contributed by atoms with Crippen LogP contribution < -0.4 is 19.6 Å². The summed E-state index contributed by atoms with van der Waals surface area (Å²) in [5.74, 6) is -2.29. The number of allylic oxidation sites excluding steroid dienone is 2. The number of hydrogen-bond acceptors (Lipinski definition) is 19. The van der Waals surface area contributed by atoms with Crippen LogP contribution in [0.3, 0.4) is 0 Å². The van der Waals surface area contributed by atoms with Crippen molar-refractivity contribution >= 4 is 16.8 Å². The maximum atomic E-state index is 14.7. The van der Waals surface area contributed by atoms with Crippen LogP contribution in [0.25, 0.3) is 22.3 Å². The molecule has 19 nitrogen and oxygen atoms in total. The lowest BCUT2D eigenvalue weighted by Crippen LogP contribution is -2.63. The first kappa shape index (κ1) is 43.4. The summed E-state index contributed by atoms with van der Waals surface area (Å²) in [6.45, 7) is 5.62. The molecule has 0 aliphatic carbocycles. The third-order valence-electron chi connectivity index (χ3n) is 10.3. The molecule has 14 atom stereocenters. The van der Waals surface area contributed by atoms with Crippen molar-refractivity contribution in [2.75, 3.05) is 13.7 Å². The average Bonchev–Trinajstić information content (AvgIpc) is 3.20. The molecule has 2 aromatic carbocycles. The zero-order valence-electron chi connectivity index (χ0n) is 32.1. The van der Waals surface area contributed by atoms with Gasteiger partial charge in [0.25, 0.3) is 0 Å². The Balaban J connectivity index is 1.51. The average molecular weight is 821 g/mol. The Hall–Kier alpha value is -4.22. The van der Waals surface area contributed by atoms with Gasteiger partial charge in [-0.2, -0.15) is 0 Å². The van der Waals surface area contributed by atoms with E-state index < -0.39 is 121 Å². The van der Waals surface area contributed by atoms with E-state index in [-0.39, 0.29) is 34.6 Å². The molecular formula is C39H48O19. The number of methoxy groups -OCH3 is 1. The number of fused-ring (bicyclic) bond motifs is 1. The first-order valence-corrected chi connectivity index (χ1v) is 18.5. The molecular weight excluding hydrogens is 772 g/mol. The zero-order chi connectivity index (χ0) is 42.3. The number of carbonyl (C=O) groups excluding carboxylic acids is 1. The first-order valence-electron chi connectivity index (χ1n) is 18.5. The predicted molar refractivity (Wildman–Crippen MR) is 197 cm³/mol. The summed E-state index contributed by atoms with van der Waals surface area (Å²) in [5.41, 5.74) is 0.0102. The molecule has 0 bridgehead atoms. The highest BCUT2D eigenvalue weighted by molar-refractivity contribution is 5.91. The van der Waals surface area contributed by atoms with Crippen LogP contribution in [0.5, 0.6) is 23.0 Å². The number of carbonyl (C=O) groups is 1. The second kappa shape index (κ2) is 17.6. The highest BCUT2D eigenvalue weighted by Crippen LogP contribution is 2.42. The molecule has 3 aromatic rings. The van der Waals surface area contributed by atoms with E-state index in [4.69, 9.17) is 37.6 Å². The lowest BCUT2D eigenvalue weighted by atomic mass is 9.98. The van der Waals surface area contributed by atoms with Crippen LogP contribution in [0.2, 0.25) is 0 Å². The number of phenolic OH excluding ortho intramolecular Hbond substituents is 1. The van der Waals surface area contributed by atoms with E-state index in [1.165, 1.54) is 33.1 Å². The van der Waals surface area contributed by atoms with Gasteiger partial charge in [0, 0.05) is 17.2 Å². The number of aliphatic hydroxyl groups is 8. The minimum atomic E-state index is -2.02. The third-order valence-corrected chi connectivity index (χ3v) is 10.3. The number of aliphatic hydroxyl groups excluding tert-OH is 8. The van der Waals surface area contributed by atoms with E-state index in [0.717, 1.165) is 11.6 Å². The Kier molecular flexibility index (Phi) is 13.1. The normalized spacial score (nSPS) is 34.1. The van der Waals surface area contributed by atoms with Crippen molar-refractivity contribution in [3.05, 3.63) is 57.8 Å². The van der Waals surface area contributed by atoms with Crippen molar-refractivity contribution < 1.29 is 88.3 Å². The van der Waals surface area contributed by atoms with Gasteiger partial charge in [-0.25, -0.2) is 0 Å². The fraction of sp³-hybridized carbons (Fsp3) is 0.538. The molecule has 318 valence electrons. The molecule has 0 spiro atoms. The van der Waals surface area contributed by atoms with Crippen LogP contribution in [-0.4, -0.2) is 151 Å². The predicted octanol–water partition coefficient (Wildman–Crippen LogP) is -0.872. The van der Waals surface area contributed by atoms with Crippen molar-refractivity contribution in [3.8, 4) is 34.3 Å². The molecule has 3 aliphatic heterocycles. The van der Waals surface area contributed by atoms with Gasteiger partial charge in [0.2, 0.25) is 23.8 Å². The summed E-state index contributed by atoms with van der Waals surface area (Å²) in [6, 6.07) is 7.22. The quantitative estimate of drug-likeness (QED) is 0.106. The van der Waals surface area contributed by atoms with E-state index in [1.54, 1.807) is 32.1 Å². The molecule has 0 amide bonds. The molecule has 6 rings (SSSR count). The second-order valence-corrected chi connectivity index (χ2v) is 14.6. The van der Waals surface area contributed by atoms with Gasteiger partial charge >= 0.3 is 0 Å². The van der Waals surface area contributed by atoms with E-state index in [0.29, 0.717) is 5.75 Å². The van der Waals surface area contributed by atoms with Crippen LogP contribution in [0.1, 0.15) is 33.3 Å². The molecule has 3 aliphatic rings. The van der Waals surface area contributed by atoms with Gasteiger partial charge in [0.05, 0.1) is 25.9 Å². The van der Waals surface area contributed by atoms with Crippen molar-refractivity contribution in [3.63, 3.8) is 0 Å². The minimum Gasteiger partial charge on any atom is -0.507 e. The molecule has 0 saturated carbocycles. The Bertz CT molecular complexity index is 2030. The van der Waals surface area contributed by atoms with Crippen LogP contribution in [0.4, 0.5) is 0 Å². The third kappa shape index (κ3) is 8.31. The minimum absolute atomic E-state index is 0.00979. The second-order valence-electron chi connectivity index (χ2n) is 14.6. The van der Waals surface area contributed by atoms with Crippen molar-refractivity contribution in [1.29, 1.82) is 0 Å². The van der Waals surface area contributed by atoms with Crippen molar-refractivity contribution in [2.24, 2.45) is 0 Å². The fourth-order valence-electron chi connectivity index (χ4n) is 6.81. The van der Waals surface area contributed by atoms with Gasteiger partial charge in [-0.3, -0.25) is 9.59 Å². The molecule has 19 heteroatoms. The Labute approximate surface area is 330 Å². The highest BCUT2D eigenvalue weighted by Gasteiger charge is 2.51. The lowest BCUT2D eigenvalue weighted by Gasteiger charge is -2.44. The maximum absolute atomic E-state index is 14.7. The van der Waals surface area contributed by atoms with Crippen LogP contribution in [0.15, 0.2) is 51.2 Å². The topological polar surface area (TPSA) is 294 Å². The monoisotopic (exact) mass is 820 g/mol. The highest BCUT2D eigenvalue weighted by atomic mass is 16.8. The van der Waals surface area contributed by atoms with Gasteiger partial charge < -0.3 is 83.5 Å². The number of ether oxygens (including phenoxy) is 7. The number of aromatic hydroxyl groups is 1. The van der Waals surface area contributed by atoms with Crippen LogP contribution in [-0.2, 0) is 30.2 Å². The Morgan fingerprint density at radius 3 is 2.10 bits per heavy atom. The van der Waals surface area contributed by atoms with Gasteiger partial charge in [-0.05, 0) is 58.4 Å². The molecule has 58 heavy (non-hydrogen) atoms. The largest absolute Gasteiger partial charge is 0.507 e. The van der Waals surface area contributed by atoms with Gasteiger partial charge in [-0.15, -0.1) is 0 Å². The van der Waals surface area contributed by atoms with Crippen molar-refractivity contribution in [1.82, 2.24) is 0 Å². The fourth-order valence-corrected chi connectivity index (χ4v) is 6.81. The van der Waals surface area contributed by atoms with Crippen molar-refractivity contribution in [2.45, 2.75) is 120 Å². The molecule has 3 saturated heterocycles. The summed E-state index contributed by atoms with van der Waals surface area (Å²) < 4.78 is 46.7. The summed E-state index contributed by atoms with van der Waals surface area (Å²) >= 11 is 0. The number of ketones is 1. The zero-order valence-corrected chi connectivity index (χ0v) is 32.1. The number of Topliss-reactive ketones (excluding diaryl/α,β-unsaturated/α-hetero) is 1. The number of rotatable bonds is 11. The van der Waals surface area contributed by atoms with E-state index >= 15 is 0 Å². The summed E-state index contributed by atoms with van der Waals surface area (Å²) in [6.07, 6.45) is -21.2. The number of hydrogen-bond donors (Lipinski definition) is 9. The van der Waals surface area contributed by atoms with E-state index in [9.17, 15) is 55.5 Å². The molecule has 9 N–H and O–H groups in total. The van der Waals surface area contributed by atoms with Gasteiger partial charge in [-0.1, -0.05) is 11.6 Å². The first-order chi connectivity index (χ1) is 27.5. The standard InChI is InChI=1S/C39H48O19/c1-14(2)6-11-19-21(54-38-32(50)29(47)26(44)22(13-40)55-38)12-20(41)23-27(45)35(33(56-34(19)23)17-7-9-18(51-5)10-8-17)57-39-36(30(48)25(43)16(4)53-39)58-37-31(49)28(46)24(42)15(3)52-37/h6-10,12,15-16,22,24-26,29-32,36-44,47-50H,11,13H2,1-5H3/t15-,16+,22-,24-,25+,26-,29+,30-,31-,32-,36-,37+,38-,39+/m1/s1. The summed E-state index contributed by atoms with van der Waals surface area (Å²) in [5, 5.41) is 95.0.